The summed E-state index contributed by atoms with van der Waals surface area (Å²) in [6.07, 6.45) is 5.02. The van der Waals surface area contributed by atoms with E-state index in [1.54, 1.807) is 12.1 Å². The number of rotatable bonds is 5. The summed E-state index contributed by atoms with van der Waals surface area (Å²) in [6.45, 7) is 0.0662. The lowest BCUT2D eigenvalue weighted by Gasteiger charge is -2.28. The number of halogens is 1. The van der Waals surface area contributed by atoms with Crippen LogP contribution in [0.25, 0.3) is 0 Å². The zero-order valence-corrected chi connectivity index (χ0v) is 12.7. The molecule has 1 saturated carbocycles. The van der Waals surface area contributed by atoms with E-state index in [1.807, 2.05) is 12.1 Å². The largest absolute Gasteiger partial charge is 0.480 e. The number of benzene rings is 1. The molecule has 0 radical (unpaired) electrons. The fourth-order valence-electron chi connectivity index (χ4n) is 2.79. The van der Waals surface area contributed by atoms with Crippen molar-refractivity contribution in [1.82, 2.24) is 4.90 Å². The monoisotopic (exact) mass is 309 g/mol. The molecule has 0 spiro atoms. The number of carbonyl (C=O) groups is 2. The molecule has 1 fully saturated rings. The van der Waals surface area contributed by atoms with Crippen molar-refractivity contribution in [3.8, 4) is 0 Å². The summed E-state index contributed by atoms with van der Waals surface area (Å²) < 4.78 is 0. The second-order valence-electron chi connectivity index (χ2n) is 5.55. The van der Waals surface area contributed by atoms with E-state index in [0.29, 0.717) is 11.6 Å². The van der Waals surface area contributed by atoms with E-state index >= 15 is 0 Å². The Morgan fingerprint density at radius 1 is 1.14 bits per heavy atom. The van der Waals surface area contributed by atoms with Crippen LogP contribution in [0, 0.1) is 5.92 Å². The Morgan fingerprint density at radius 2 is 1.76 bits per heavy atom. The topological polar surface area (TPSA) is 57.6 Å². The van der Waals surface area contributed by atoms with Crippen molar-refractivity contribution in [2.45, 2.75) is 38.6 Å². The van der Waals surface area contributed by atoms with Gasteiger partial charge in [0.2, 0.25) is 5.91 Å². The zero-order chi connectivity index (χ0) is 15.2. The van der Waals surface area contributed by atoms with Crippen molar-refractivity contribution in [3.63, 3.8) is 0 Å². The summed E-state index contributed by atoms with van der Waals surface area (Å²) in [5.74, 6) is -1.04. The van der Waals surface area contributed by atoms with Crippen LogP contribution in [-0.2, 0) is 16.1 Å². The first kappa shape index (κ1) is 15.8. The molecule has 4 nitrogen and oxygen atoms in total. The van der Waals surface area contributed by atoms with Gasteiger partial charge in [0.15, 0.2) is 0 Å². The lowest BCUT2D eigenvalue weighted by molar-refractivity contribution is -0.147. The van der Waals surface area contributed by atoms with Crippen LogP contribution in [0.5, 0.6) is 0 Å². The normalized spacial score (nSPS) is 15.7. The number of hydrogen-bond acceptors (Lipinski definition) is 2. The summed E-state index contributed by atoms with van der Waals surface area (Å²) in [4.78, 5) is 25.0. The van der Waals surface area contributed by atoms with Gasteiger partial charge in [0.25, 0.3) is 0 Å². The molecule has 1 aromatic carbocycles. The van der Waals surface area contributed by atoms with Gasteiger partial charge in [0, 0.05) is 17.5 Å². The highest BCUT2D eigenvalue weighted by molar-refractivity contribution is 6.30. The fourth-order valence-corrected chi connectivity index (χ4v) is 2.92. The molecule has 0 heterocycles. The maximum atomic E-state index is 12.5. The first-order chi connectivity index (χ1) is 10.1. The van der Waals surface area contributed by atoms with Crippen LogP contribution < -0.4 is 0 Å². The van der Waals surface area contributed by atoms with Gasteiger partial charge in [-0.05, 0) is 30.5 Å². The molecule has 0 aromatic heterocycles. The first-order valence-corrected chi connectivity index (χ1v) is 7.69. The molecule has 0 aliphatic heterocycles. The maximum absolute atomic E-state index is 12.5. The van der Waals surface area contributed by atoms with Gasteiger partial charge in [-0.1, -0.05) is 43.0 Å². The van der Waals surface area contributed by atoms with Gasteiger partial charge in [0.1, 0.15) is 6.54 Å². The molecule has 0 unspecified atom stereocenters. The summed E-state index contributed by atoms with van der Waals surface area (Å²) in [6, 6.07) is 7.15. The summed E-state index contributed by atoms with van der Waals surface area (Å²) in [5, 5.41) is 9.67. The minimum atomic E-state index is -0.979. The van der Waals surface area contributed by atoms with E-state index in [9.17, 15) is 9.59 Å². The standard InChI is InChI=1S/C16H20ClNO3/c17-14-8-6-12(7-9-14)10-18(11-15(19)20)16(21)13-4-2-1-3-5-13/h6-9,13H,1-5,10-11H2,(H,19,20). The fraction of sp³-hybridized carbons (Fsp3) is 0.500. The van der Waals surface area contributed by atoms with Gasteiger partial charge >= 0.3 is 5.97 Å². The molecule has 1 N–H and O–H groups in total. The van der Waals surface area contributed by atoms with Crippen LogP contribution in [0.3, 0.4) is 0 Å². The average Bonchev–Trinajstić information content (AvgIpc) is 2.48. The lowest BCUT2D eigenvalue weighted by atomic mass is 9.88. The van der Waals surface area contributed by atoms with Crippen molar-refractivity contribution < 1.29 is 14.7 Å². The third kappa shape index (κ3) is 4.74. The quantitative estimate of drug-likeness (QED) is 0.907. The highest BCUT2D eigenvalue weighted by Gasteiger charge is 2.27. The Bertz CT molecular complexity index is 495. The molecule has 1 aromatic rings. The Morgan fingerprint density at radius 3 is 2.33 bits per heavy atom. The smallest absolute Gasteiger partial charge is 0.323 e. The minimum Gasteiger partial charge on any atom is -0.480 e. The van der Waals surface area contributed by atoms with Gasteiger partial charge in [-0.15, -0.1) is 0 Å². The Kier molecular flexibility index (Phi) is 5.62. The van der Waals surface area contributed by atoms with E-state index in [4.69, 9.17) is 16.7 Å². The van der Waals surface area contributed by atoms with E-state index in [2.05, 4.69) is 0 Å². The highest BCUT2D eigenvalue weighted by atomic mass is 35.5. The van der Waals surface area contributed by atoms with E-state index in [0.717, 1.165) is 31.2 Å². The molecule has 0 saturated heterocycles. The summed E-state index contributed by atoms with van der Waals surface area (Å²) in [5.41, 5.74) is 0.893. The van der Waals surface area contributed by atoms with Crippen LogP contribution in [0.2, 0.25) is 5.02 Å². The van der Waals surface area contributed by atoms with E-state index in [-0.39, 0.29) is 18.4 Å². The van der Waals surface area contributed by atoms with Crippen molar-refractivity contribution >= 4 is 23.5 Å². The number of carboxylic acids is 1. The predicted octanol–water partition coefficient (Wildman–Crippen LogP) is 3.33. The second kappa shape index (κ2) is 7.46. The second-order valence-corrected chi connectivity index (χ2v) is 5.99. The number of amides is 1. The molecule has 0 atom stereocenters. The molecular formula is C16H20ClNO3. The summed E-state index contributed by atoms with van der Waals surface area (Å²) >= 11 is 5.84. The maximum Gasteiger partial charge on any atom is 0.323 e. The minimum absolute atomic E-state index is 0.0228. The van der Waals surface area contributed by atoms with Gasteiger partial charge in [-0.25, -0.2) is 0 Å². The molecule has 21 heavy (non-hydrogen) atoms. The van der Waals surface area contributed by atoms with E-state index < -0.39 is 5.97 Å². The molecule has 5 heteroatoms. The Hall–Kier alpha value is -1.55. The third-order valence-electron chi connectivity index (χ3n) is 3.88. The van der Waals surface area contributed by atoms with Crippen LogP contribution in [0.1, 0.15) is 37.7 Å². The summed E-state index contributed by atoms with van der Waals surface area (Å²) in [7, 11) is 0. The molecule has 1 aliphatic rings. The van der Waals surface area contributed by atoms with Crippen molar-refractivity contribution in [2.75, 3.05) is 6.54 Å². The number of carbonyl (C=O) groups excluding carboxylic acids is 1. The van der Waals surface area contributed by atoms with Crippen molar-refractivity contribution in [3.05, 3.63) is 34.9 Å². The SMILES string of the molecule is O=C(O)CN(Cc1ccc(Cl)cc1)C(=O)C1CCCCC1. The van der Waals surface area contributed by atoms with E-state index in [1.165, 1.54) is 11.3 Å². The Balaban J connectivity index is 2.07. The molecule has 114 valence electrons. The molecule has 0 bridgehead atoms. The van der Waals surface area contributed by atoms with Gasteiger partial charge in [-0.3, -0.25) is 9.59 Å². The van der Waals surface area contributed by atoms with Crippen molar-refractivity contribution in [1.29, 1.82) is 0 Å². The van der Waals surface area contributed by atoms with Crippen molar-refractivity contribution in [2.24, 2.45) is 5.92 Å². The predicted molar refractivity (Wildman–Crippen MR) is 81.1 cm³/mol. The van der Waals surface area contributed by atoms with Gasteiger partial charge in [-0.2, -0.15) is 0 Å². The van der Waals surface area contributed by atoms with Crippen LogP contribution >= 0.6 is 11.6 Å². The molecule has 1 aliphatic carbocycles. The highest BCUT2D eigenvalue weighted by Crippen LogP contribution is 2.26. The average molecular weight is 310 g/mol. The zero-order valence-electron chi connectivity index (χ0n) is 11.9. The molecule has 2 rings (SSSR count). The van der Waals surface area contributed by atoms with Gasteiger partial charge in [0.05, 0.1) is 0 Å². The number of hydrogen-bond donors (Lipinski definition) is 1. The van der Waals surface area contributed by atoms with Crippen LogP contribution in [0.15, 0.2) is 24.3 Å². The van der Waals surface area contributed by atoms with Crippen LogP contribution in [0.4, 0.5) is 0 Å². The van der Waals surface area contributed by atoms with Crippen LogP contribution in [-0.4, -0.2) is 28.4 Å². The van der Waals surface area contributed by atoms with Gasteiger partial charge < -0.3 is 10.0 Å². The Labute approximate surface area is 129 Å². The molecule has 1 amide bonds. The number of nitrogens with zero attached hydrogens (tertiary/aromatic N) is 1. The first-order valence-electron chi connectivity index (χ1n) is 7.31. The molecular weight excluding hydrogens is 290 g/mol. The number of aliphatic carboxylic acids is 1. The third-order valence-corrected chi connectivity index (χ3v) is 4.13. The number of carboxylic acid groups (broad SMARTS) is 1. The lowest BCUT2D eigenvalue weighted by Crippen LogP contribution is -2.39.